The fourth-order valence-electron chi connectivity index (χ4n) is 1.46. The molecule has 0 aliphatic rings. The van der Waals surface area contributed by atoms with Gasteiger partial charge in [-0.2, -0.15) is 4.31 Å². The normalized spacial score (nSPS) is 12.2. The predicted octanol–water partition coefficient (Wildman–Crippen LogP) is 4.02. The molecule has 104 valence electrons. The second-order valence-electron chi connectivity index (χ2n) is 3.82. The number of halogens is 2. The molecule has 2 aromatic heterocycles. The molecule has 0 aliphatic carbocycles. The van der Waals surface area contributed by atoms with Crippen LogP contribution < -0.4 is 0 Å². The van der Waals surface area contributed by atoms with Gasteiger partial charge in [-0.3, -0.25) is 0 Å². The lowest BCUT2D eigenvalue weighted by atomic mass is 10.5. The summed E-state index contributed by atoms with van der Waals surface area (Å²) in [7, 11) is -1.90. The highest BCUT2D eigenvalue weighted by atomic mass is 35.5. The highest BCUT2D eigenvalue weighted by molar-refractivity contribution is 7.91. The van der Waals surface area contributed by atoms with Gasteiger partial charge in [-0.25, -0.2) is 8.42 Å². The highest BCUT2D eigenvalue weighted by Gasteiger charge is 2.23. The van der Waals surface area contributed by atoms with Crippen LogP contribution in [-0.4, -0.2) is 19.8 Å². The molecule has 2 heterocycles. The molecule has 0 saturated carbocycles. The number of hydrogen-bond acceptors (Lipinski definition) is 4. The van der Waals surface area contributed by atoms with Crippen LogP contribution in [0.25, 0.3) is 0 Å². The van der Waals surface area contributed by atoms with Gasteiger partial charge >= 0.3 is 0 Å². The molecular formula is C11H11Cl2NO2S3. The van der Waals surface area contributed by atoms with Crippen molar-refractivity contribution in [2.45, 2.75) is 16.6 Å². The molecule has 0 aliphatic heterocycles. The van der Waals surface area contributed by atoms with Crippen molar-refractivity contribution in [3.63, 3.8) is 0 Å². The third kappa shape index (κ3) is 3.51. The summed E-state index contributed by atoms with van der Waals surface area (Å²) in [4.78, 5) is 1.75. The highest BCUT2D eigenvalue weighted by Crippen LogP contribution is 2.28. The maximum absolute atomic E-state index is 12.3. The van der Waals surface area contributed by atoms with E-state index in [9.17, 15) is 8.42 Å². The number of thiophene rings is 2. The Kier molecular flexibility index (Phi) is 4.92. The van der Waals surface area contributed by atoms with E-state index in [0.717, 1.165) is 9.75 Å². The van der Waals surface area contributed by atoms with E-state index in [4.69, 9.17) is 23.2 Å². The van der Waals surface area contributed by atoms with Crippen LogP contribution in [0.3, 0.4) is 0 Å². The minimum atomic E-state index is -3.46. The molecule has 0 spiro atoms. The van der Waals surface area contributed by atoms with Gasteiger partial charge in [0, 0.05) is 23.3 Å². The molecule has 0 atom stereocenters. The van der Waals surface area contributed by atoms with Gasteiger partial charge in [0.15, 0.2) is 0 Å². The van der Waals surface area contributed by atoms with E-state index in [0.29, 0.717) is 21.0 Å². The monoisotopic (exact) mass is 355 g/mol. The molecule has 0 saturated heterocycles. The Morgan fingerprint density at radius 1 is 1.16 bits per heavy atom. The fourth-order valence-corrected chi connectivity index (χ4v) is 5.50. The predicted molar refractivity (Wildman–Crippen MR) is 81.9 cm³/mol. The van der Waals surface area contributed by atoms with Crippen molar-refractivity contribution in [2.24, 2.45) is 0 Å². The molecule has 0 bridgehead atoms. The molecule has 0 fully saturated rings. The number of hydrogen-bond donors (Lipinski definition) is 0. The Morgan fingerprint density at radius 2 is 1.84 bits per heavy atom. The van der Waals surface area contributed by atoms with Crippen LogP contribution in [0.15, 0.2) is 28.5 Å². The maximum Gasteiger partial charge on any atom is 0.252 e. The van der Waals surface area contributed by atoms with E-state index in [1.165, 1.54) is 27.0 Å². The first kappa shape index (κ1) is 15.3. The van der Waals surface area contributed by atoms with Crippen molar-refractivity contribution in [2.75, 3.05) is 7.05 Å². The molecule has 2 aromatic rings. The Labute approximate surface area is 130 Å². The smallest absolute Gasteiger partial charge is 0.206 e. The summed E-state index contributed by atoms with van der Waals surface area (Å²) in [5.41, 5.74) is 0. The molecule has 0 aromatic carbocycles. The zero-order chi connectivity index (χ0) is 14.0. The van der Waals surface area contributed by atoms with Crippen LogP contribution in [0.4, 0.5) is 0 Å². The van der Waals surface area contributed by atoms with Crippen molar-refractivity contribution in [1.29, 1.82) is 0 Å². The second-order valence-corrected chi connectivity index (χ2v) is 9.33. The molecule has 3 nitrogen and oxygen atoms in total. The summed E-state index contributed by atoms with van der Waals surface area (Å²) in [5.74, 6) is 0.324. The van der Waals surface area contributed by atoms with E-state index in [1.807, 2.05) is 6.07 Å². The standard InChI is InChI=1S/C11H11Cl2NO2S3/c1-14(7-9-2-4-10(13)17-9)19(15,16)11-5-3-8(6-12)18-11/h2-5H,6-7H2,1H3. The van der Waals surface area contributed by atoms with E-state index >= 15 is 0 Å². The molecule has 0 amide bonds. The number of sulfonamides is 1. The van der Waals surface area contributed by atoms with E-state index in [1.54, 1.807) is 25.2 Å². The third-order valence-corrected chi connectivity index (χ3v) is 7.46. The third-order valence-electron chi connectivity index (χ3n) is 2.44. The largest absolute Gasteiger partial charge is 0.252 e. The fraction of sp³-hybridized carbons (Fsp3) is 0.273. The molecule has 0 unspecified atom stereocenters. The first-order valence-electron chi connectivity index (χ1n) is 5.28. The average molecular weight is 356 g/mol. The van der Waals surface area contributed by atoms with E-state index < -0.39 is 10.0 Å². The minimum Gasteiger partial charge on any atom is -0.206 e. The van der Waals surface area contributed by atoms with E-state index in [2.05, 4.69) is 0 Å². The van der Waals surface area contributed by atoms with Crippen molar-refractivity contribution in [3.05, 3.63) is 38.4 Å². The van der Waals surface area contributed by atoms with Crippen LogP contribution >= 0.6 is 45.9 Å². The van der Waals surface area contributed by atoms with E-state index in [-0.39, 0.29) is 0 Å². The van der Waals surface area contributed by atoms with Gasteiger partial charge in [0.05, 0.1) is 10.2 Å². The van der Waals surface area contributed by atoms with Crippen LogP contribution in [0.5, 0.6) is 0 Å². The first-order chi connectivity index (χ1) is 8.93. The first-order valence-corrected chi connectivity index (χ1v) is 9.27. The summed E-state index contributed by atoms with van der Waals surface area (Å²) in [6.07, 6.45) is 0. The average Bonchev–Trinajstić information content (AvgIpc) is 2.98. The van der Waals surface area contributed by atoms with Crippen LogP contribution in [-0.2, 0) is 22.4 Å². The summed E-state index contributed by atoms with van der Waals surface area (Å²) in [5, 5.41) is 0. The molecule has 2 rings (SSSR count). The lowest BCUT2D eigenvalue weighted by Gasteiger charge is -2.14. The zero-order valence-electron chi connectivity index (χ0n) is 9.97. The molecule has 19 heavy (non-hydrogen) atoms. The van der Waals surface area contributed by atoms with Gasteiger partial charge in [-0.05, 0) is 24.3 Å². The van der Waals surface area contributed by atoms with Gasteiger partial charge in [-0.1, -0.05) is 11.6 Å². The van der Waals surface area contributed by atoms with Gasteiger partial charge in [-0.15, -0.1) is 34.3 Å². The Morgan fingerprint density at radius 3 is 2.37 bits per heavy atom. The second kappa shape index (κ2) is 6.11. The topological polar surface area (TPSA) is 37.4 Å². The maximum atomic E-state index is 12.3. The van der Waals surface area contributed by atoms with Gasteiger partial charge in [0.25, 0.3) is 10.0 Å². The molecule has 0 radical (unpaired) electrons. The van der Waals surface area contributed by atoms with Crippen molar-refractivity contribution >= 4 is 55.9 Å². The lowest BCUT2D eigenvalue weighted by Crippen LogP contribution is -2.25. The Balaban J connectivity index is 2.19. The SMILES string of the molecule is CN(Cc1ccc(Cl)s1)S(=O)(=O)c1ccc(CCl)s1. The van der Waals surface area contributed by atoms with Crippen molar-refractivity contribution in [3.8, 4) is 0 Å². The summed E-state index contributed by atoms with van der Waals surface area (Å²) in [6, 6.07) is 6.92. The van der Waals surface area contributed by atoms with Crippen LogP contribution in [0.1, 0.15) is 9.75 Å². The van der Waals surface area contributed by atoms with Crippen molar-refractivity contribution < 1.29 is 8.42 Å². The lowest BCUT2D eigenvalue weighted by molar-refractivity contribution is 0.471. The summed E-state index contributed by atoms with van der Waals surface area (Å²) in [6.45, 7) is 0.313. The van der Waals surface area contributed by atoms with Crippen molar-refractivity contribution in [1.82, 2.24) is 4.31 Å². The summed E-state index contributed by atoms with van der Waals surface area (Å²) >= 11 is 14.1. The Bertz CT molecular complexity index is 663. The molecular weight excluding hydrogens is 345 g/mol. The van der Waals surface area contributed by atoms with Crippen LogP contribution in [0.2, 0.25) is 4.34 Å². The van der Waals surface area contributed by atoms with Crippen LogP contribution in [0, 0.1) is 0 Å². The number of alkyl halides is 1. The van der Waals surface area contributed by atoms with Gasteiger partial charge in [0.2, 0.25) is 0 Å². The minimum absolute atomic E-state index is 0.313. The number of nitrogens with zero attached hydrogens (tertiary/aromatic N) is 1. The quantitative estimate of drug-likeness (QED) is 0.759. The molecule has 0 N–H and O–H groups in total. The van der Waals surface area contributed by atoms with Gasteiger partial charge in [0.1, 0.15) is 4.21 Å². The molecule has 8 heteroatoms. The number of rotatable bonds is 5. The summed E-state index contributed by atoms with van der Waals surface area (Å²) < 4.78 is 27.0. The Hall–Kier alpha value is -0.110. The van der Waals surface area contributed by atoms with Gasteiger partial charge < -0.3 is 0 Å². The zero-order valence-corrected chi connectivity index (χ0v) is 13.9.